The number of aromatic nitrogens is 1. The summed E-state index contributed by atoms with van der Waals surface area (Å²) in [5, 5.41) is 8.78. The SMILES string of the molecule is O=C(O)CC1(c2ccc(Br)nc2)CC1. The molecule has 0 atom stereocenters. The molecule has 1 saturated carbocycles. The Hall–Kier alpha value is -0.900. The number of halogens is 1. The fourth-order valence-corrected chi connectivity index (χ4v) is 1.93. The van der Waals surface area contributed by atoms with Crippen molar-refractivity contribution in [2.45, 2.75) is 24.7 Å². The summed E-state index contributed by atoms with van der Waals surface area (Å²) in [6.45, 7) is 0. The molecule has 1 aliphatic rings. The van der Waals surface area contributed by atoms with Gasteiger partial charge in [0.25, 0.3) is 0 Å². The Bertz CT molecular complexity index is 357. The third-order valence-corrected chi connectivity index (χ3v) is 3.15. The minimum Gasteiger partial charge on any atom is -0.481 e. The number of nitrogens with zero attached hydrogens (tertiary/aromatic N) is 1. The van der Waals surface area contributed by atoms with E-state index in [2.05, 4.69) is 20.9 Å². The first-order valence-electron chi connectivity index (χ1n) is 4.46. The molecule has 74 valence electrons. The Kier molecular flexibility index (Phi) is 2.31. The van der Waals surface area contributed by atoms with Crippen molar-refractivity contribution in [1.82, 2.24) is 4.98 Å². The van der Waals surface area contributed by atoms with Gasteiger partial charge in [0.2, 0.25) is 0 Å². The maximum atomic E-state index is 10.7. The van der Waals surface area contributed by atoms with Crippen molar-refractivity contribution in [3.63, 3.8) is 0 Å². The molecule has 2 rings (SSSR count). The van der Waals surface area contributed by atoms with Gasteiger partial charge in [0, 0.05) is 11.6 Å². The number of carboxylic acid groups (broad SMARTS) is 1. The predicted octanol–water partition coefficient (Wildman–Crippen LogP) is 2.35. The summed E-state index contributed by atoms with van der Waals surface area (Å²) in [7, 11) is 0. The van der Waals surface area contributed by atoms with Crippen LogP contribution < -0.4 is 0 Å². The molecule has 0 amide bonds. The highest BCUT2D eigenvalue weighted by atomic mass is 79.9. The molecule has 1 aromatic heterocycles. The number of hydrogen-bond acceptors (Lipinski definition) is 2. The monoisotopic (exact) mass is 255 g/mol. The first-order chi connectivity index (χ1) is 6.62. The van der Waals surface area contributed by atoms with Crippen LogP contribution in [0, 0.1) is 0 Å². The first kappa shape index (κ1) is 9.65. The van der Waals surface area contributed by atoms with Crippen LogP contribution in [0.25, 0.3) is 0 Å². The molecule has 1 aliphatic carbocycles. The van der Waals surface area contributed by atoms with E-state index in [0.717, 1.165) is 23.0 Å². The van der Waals surface area contributed by atoms with Crippen molar-refractivity contribution in [3.05, 3.63) is 28.5 Å². The lowest BCUT2D eigenvalue weighted by atomic mass is 9.94. The normalized spacial score (nSPS) is 17.8. The zero-order valence-corrected chi connectivity index (χ0v) is 9.12. The summed E-state index contributed by atoms with van der Waals surface area (Å²) in [5.41, 5.74) is 0.919. The minimum absolute atomic E-state index is 0.125. The average Bonchev–Trinajstić information content (AvgIpc) is 2.85. The van der Waals surface area contributed by atoms with Gasteiger partial charge in [0.05, 0.1) is 6.42 Å². The number of aliphatic carboxylic acids is 1. The Morgan fingerprint density at radius 2 is 2.29 bits per heavy atom. The third-order valence-electron chi connectivity index (χ3n) is 2.68. The molecule has 0 bridgehead atoms. The van der Waals surface area contributed by atoms with Crippen molar-refractivity contribution in [1.29, 1.82) is 0 Å². The van der Waals surface area contributed by atoms with Crippen LogP contribution in [0.4, 0.5) is 0 Å². The van der Waals surface area contributed by atoms with Gasteiger partial charge in [-0.1, -0.05) is 6.07 Å². The van der Waals surface area contributed by atoms with Gasteiger partial charge in [-0.25, -0.2) is 4.98 Å². The molecule has 0 spiro atoms. The van der Waals surface area contributed by atoms with Crippen LogP contribution >= 0.6 is 15.9 Å². The summed E-state index contributed by atoms with van der Waals surface area (Å²) in [6.07, 6.45) is 3.90. The molecule has 0 unspecified atom stereocenters. The molecule has 0 radical (unpaired) electrons. The second-order valence-corrected chi connectivity index (χ2v) is 4.53. The van der Waals surface area contributed by atoms with Crippen LogP contribution in [0.5, 0.6) is 0 Å². The van der Waals surface area contributed by atoms with Crippen LogP contribution in [0.15, 0.2) is 22.9 Å². The highest BCUT2D eigenvalue weighted by Gasteiger charge is 2.46. The lowest BCUT2D eigenvalue weighted by Crippen LogP contribution is -2.13. The molecule has 4 heteroatoms. The predicted molar refractivity (Wildman–Crippen MR) is 55.1 cm³/mol. The van der Waals surface area contributed by atoms with Gasteiger partial charge in [0.15, 0.2) is 0 Å². The van der Waals surface area contributed by atoms with Gasteiger partial charge in [-0.05, 0) is 40.4 Å². The lowest BCUT2D eigenvalue weighted by Gasteiger charge is -2.11. The molecule has 1 N–H and O–H groups in total. The fraction of sp³-hybridized carbons (Fsp3) is 0.400. The first-order valence-corrected chi connectivity index (χ1v) is 5.26. The Morgan fingerprint density at radius 3 is 2.71 bits per heavy atom. The molecular weight excluding hydrogens is 246 g/mol. The third kappa shape index (κ3) is 1.80. The van der Waals surface area contributed by atoms with Crippen molar-refractivity contribution >= 4 is 21.9 Å². The Labute approximate surface area is 90.3 Å². The molecule has 1 heterocycles. The van der Waals surface area contributed by atoms with Crippen molar-refractivity contribution in [2.75, 3.05) is 0 Å². The molecule has 0 saturated heterocycles. The van der Waals surface area contributed by atoms with E-state index in [9.17, 15) is 4.79 Å². The second-order valence-electron chi connectivity index (χ2n) is 3.72. The molecule has 3 nitrogen and oxygen atoms in total. The van der Waals surface area contributed by atoms with Crippen LogP contribution in [0.2, 0.25) is 0 Å². The van der Waals surface area contributed by atoms with E-state index < -0.39 is 5.97 Å². The van der Waals surface area contributed by atoms with Gasteiger partial charge in [-0.15, -0.1) is 0 Å². The lowest BCUT2D eigenvalue weighted by molar-refractivity contribution is -0.137. The van der Waals surface area contributed by atoms with Gasteiger partial charge < -0.3 is 5.11 Å². The van der Waals surface area contributed by atoms with Crippen molar-refractivity contribution < 1.29 is 9.90 Å². The summed E-state index contributed by atoms with van der Waals surface area (Å²) >= 11 is 3.26. The van der Waals surface area contributed by atoms with E-state index in [1.54, 1.807) is 6.20 Å². The van der Waals surface area contributed by atoms with Crippen LogP contribution in [0.1, 0.15) is 24.8 Å². The number of rotatable bonds is 3. The number of carbonyl (C=O) groups is 1. The van der Waals surface area contributed by atoms with Crippen LogP contribution in [-0.4, -0.2) is 16.1 Å². The summed E-state index contributed by atoms with van der Waals surface area (Å²) in [4.78, 5) is 14.8. The van der Waals surface area contributed by atoms with Crippen molar-refractivity contribution in [3.8, 4) is 0 Å². The Morgan fingerprint density at radius 1 is 1.57 bits per heavy atom. The number of pyridine rings is 1. The summed E-state index contributed by atoms with van der Waals surface area (Å²) in [5.74, 6) is -0.731. The standard InChI is InChI=1S/C10H10BrNO2/c11-8-2-1-7(6-12-8)10(3-4-10)5-9(13)14/h1-2,6H,3-5H2,(H,13,14). The van der Waals surface area contributed by atoms with E-state index in [1.165, 1.54) is 0 Å². The number of carboxylic acids is 1. The molecule has 14 heavy (non-hydrogen) atoms. The Balaban J connectivity index is 2.22. The molecular formula is C10H10BrNO2. The maximum absolute atomic E-state index is 10.7. The van der Waals surface area contributed by atoms with Crippen LogP contribution in [-0.2, 0) is 10.2 Å². The molecule has 0 aromatic carbocycles. The highest BCUT2D eigenvalue weighted by Crippen LogP contribution is 2.50. The zero-order chi connectivity index (χ0) is 10.2. The van der Waals surface area contributed by atoms with E-state index in [1.807, 2.05) is 12.1 Å². The van der Waals surface area contributed by atoms with Gasteiger partial charge in [0.1, 0.15) is 4.60 Å². The minimum atomic E-state index is -0.731. The number of hydrogen-bond donors (Lipinski definition) is 1. The molecule has 0 aliphatic heterocycles. The van der Waals surface area contributed by atoms with Gasteiger partial charge in [-0.3, -0.25) is 4.79 Å². The smallest absolute Gasteiger partial charge is 0.304 e. The fourth-order valence-electron chi connectivity index (χ4n) is 1.70. The van der Waals surface area contributed by atoms with Gasteiger partial charge >= 0.3 is 5.97 Å². The van der Waals surface area contributed by atoms with E-state index in [0.29, 0.717) is 0 Å². The van der Waals surface area contributed by atoms with Gasteiger partial charge in [-0.2, -0.15) is 0 Å². The largest absolute Gasteiger partial charge is 0.481 e. The topological polar surface area (TPSA) is 50.2 Å². The maximum Gasteiger partial charge on any atom is 0.304 e. The second kappa shape index (κ2) is 3.35. The quantitative estimate of drug-likeness (QED) is 0.844. The van der Waals surface area contributed by atoms with E-state index in [4.69, 9.17) is 5.11 Å². The van der Waals surface area contributed by atoms with Crippen molar-refractivity contribution in [2.24, 2.45) is 0 Å². The summed E-state index contributed by atoms with van der Waals surface area (Å²) < 4.78 is 0.785. The summed E-state index contributed by atoms with van der Waals surface area (Å²) in [6, 6.07) is 3.81. The van der Waals surface area contributed by atoms with E-state index in [-0.39, 0.29) is 11.8 Å². The molecule has 1 fully saturated rings. The average molecular weight is 256 g/mol. The van der Waals surface area contributed by atoms with E-state index >= 15 is 0 Å². The van der Waals surface area contributed by atoms with Crippen LogP contribution in [0.3, 0.4) is 0 Å². The molecule has 1 aromatic rings. The zero-order valence-electron chi connectivity index (χ0n) is 7.53. The highest BCUT2D eigenvalue weighted by molar-refractivity contribution is 9.10.